The highest BCUT2D eigenvalue weighted by atomic mass is 35.5. The van der Waals surface area contributed by atoms with Crippen LogP contribution in [0.5, 0.6) is 0 Å². The number of alkyl carbamates (subject to hydrolysis) is 2. The first kappa shape index (κ1) is 42.4. The van der Waals surface area contributed by atoms with Crippen molar-refractivity contribution in [1.29, 1.82) is 0 Å². The van der Waals surface area contributed by atoms with Crippen LogP contribution in [0.2, 0.25) is 5.15 Å². The van der Waals surface area contributed by atoms with E-state index in [2.05, 4.69) is 26.7 Å². The summed E-state index contributed by atoms with van der Waals surface area (Å²) in [4.78, 5) is 71.8. The number of halogens is 1. The predicted molar refractivity (Wildman–Crippen MR) is 223 cm³/mol. The molecule has 3 aliphatic rings. The fourth-order valence-corrected chi connectivity index (χ4v) is 8.66. The SMILES string of the molecule is COCCC(NC(=O)OC)C(=O)N1C(C)CCC1c1ncc(-c2ccc(-c3ccc(-c4nc(C5CC6C=CC6N5C(=O)C(CCOC)NC(=O)OC)[nH]c4Cl)cc3)cc2)[nH]1. The molecule has 318 valence electrons. The largest absolute Gasteiger partial charge is 0.453 e. The van der Waals surface area contributed by atoms with Gasteiger partial charge in [0.25, 0.3) is 0 Å². The number of aromatic nitrogens is 4. The molecule has 7 rings (SSSR count). The number of benzene rings is 2. The maximum atomic E-state index is 14.0. The third kappa shape index (κ3) is 8.76. The molecular formula is C43H51ClN8O8. The first-order chi connectivity index (χ1) is 29.0. The smallest absolute Gasteiger partial charge is 0.407 e. The Labute approximate surface area is 353 Å². The van der Waals surface area contributed by atoms with E-state index in [1.54, 1.807) is 30.2 Å². The minimum absolute atomic E-state index is 0.0408. The average molecular weight is 843 g/mol. The van der Waals surface area contributed by atoms with Gasteiger partial charge < -0.3 is 49.3 Å². The Bertz CT molecular complexity index is 2190. The molecule has 1 aliphatic carbocycles. The number of aromatic amines is 2. The molecule has 2 aromatic heterocycles. The molecule has 2 aliphatic heterocycles. The molecule has 0 bridgehead atoms. The van der Waals surface area contributed by atoms with Gasteiger partial charge in [0.05, 0.1) is 44.2 Å². The number of amides is 4. The maximum Gasteiger partial charge on any atom is 0.407 e. The lowest BCUT2D eigenvalue weighted by Crippen LogP contribution is -2.52. The number of nitrogens with zero attached hydrogens (tertiary/aromatic N) is 4. The number of hydrogen-bond acceptors (Lipinski definition) is 10. The summed E-state index contributed by atoms with van der Waals surface area (Å²) >= 11 is 6.78. The Hall–Kier alpha value is -5.71. The quantitative estimate of drug-likeness (QED) is 0.100. The number of carbonyl (C=O) groups is 4. The van der Waals surface area contributed by atoms with E-state index in [1.165, 1.54) is 14.2 Å². The maximum absolute atomic E-state index is 14.0. The lowest BCUT2D eigenvalue weighted by Gasteiger charge is -2.34. The van der Waals surface area contributed by atoms with Gasteiger partial charge in [-0.15, -0.1) is 0 Å². The predicted octanol–water partition coefficient (Wildman–Crippen LogP) is 6.19. The summed E-state index contributed by atoms with van der Waals surface area (Å²) in [7, 11) is 5.63. The number of hydrogen-bond donors (Lipinski definition) is 4. The average Bonchev–Trinajstić information content (AvgIpc) is 4.05. The highest BCUT2D eigenvalue weighted by Crippen LogP contribution is 2.46. The highest BCUT2D eigenvalue weighted by Gasteiger charge is 2.49. The van der Waals surface area contributed by atoms with Gasteiger partial charge in [0.15, 0.2) is 0 Å². The molecule has 2 aromatic carbocycles. The third-order valence-electron chi connectivity index (χ3n) is 11.7. The zero-order valence-electron chi connectivity index (χ0n) is 34.3. The van der Waals surface area contributed by atoms with Crippen LogP contribution in [0.15, 0.2) is 66.9 Å². The van der Waals surface area contributed by atoms with Crippen molar-refractivity contribution >= 4 is 35.6 Å². The summed E-state index contributed by atoms with van der Waals surface area (Å²) in [5.74, 6) is 0.994. The number of ether oxygens (including phenoxy) is 4. The van der Waals surface area contributed by atoms with E-state index in [0.717, 1.165) is 40.8 Å². The molecule has 7 atom stereocenters. The fourth-order valence-electron chi connectivity index (χ4n) is 8.41. The van der Waals surface area contributed by atoms with Crippen molar-refractivity contribution in [3.63, 3.8) is 0 Å². The molecule has 0 saturated carbocycles. The molecule has 2 saturated heterocycles. The standard InChI is InChI=1S/C43H51ClN8O8/c1-24-6-16-34(51(24)40(53)30(18-20-57-2)47-42(55)59-4)38-45-23-32(46-38)27-11-7-25(8-12-27)26-9-13-28(14-10-26)36-37(44)50-39(49-36)35-22-29-15-17-33(29)52(35)41(54)31(19-21-58-3)48-43(56)60-5/h7-15,17,23-24,29-31,33-35H,6,16,18-22H2,1-5H3,(H,45,46)(H,47,55)(H,48,56)(H,49,50). The van der Waals surface area contributed by atoms with E-state index in [1.807, 2.05) is 61.5 Å². The van der Waals surface area contributed by atoms with E-state index < -0.39 is 24.3 Å². The molecule has 2 fully saturated rings. The van der Waals surface area contributed by atoms with Crippen LogP contribution in [0.25, 0.3) is 33.6 Å². The monoisotopic (exact) mass is 842 g/mol. The van der Waals surface area contributed by atoms with Gasteiger partial charge in [-0.1, -0.05) is 72.3 Å². The zero-order valence-corrected chi connectivity index (χ0v) is 35.0. The van der Waals surface area contributed by atoms with Crippen molar-refractivity contribution in [2.24, 2.45) is 5.92 Å². The molecule has 17 heteroatoms. The number of fused-ring (bicyclic) bond motifs is 1. The van der Waals surface area contributed by atoms with E-state index in [0.29, 0.717) is 41.9 Å². The van der Waals surface area contributed by atoms with Crippen LogP contribution in [-0.2, 0) is 28.5 Å². The fraction of sp³-hybridized carbons (Fsp3) is 0.442. The van der Waals surface area contributed by atoms with E-state index in [9.17, 15) is 19.2 Å². The van der Waals surface area contributed by atoms with E-state index in [4.69, 9.17) is 40.5 Å². The summed E-state index contributed by atoms with van der Waals surface area (Å²) in [5.41, 5.74) is 5.16. The Balaban J connectivity index is 1.03. The topological polar surface area (TPSA) is 193 Å². The number of imidazole rings is 2. The first-order valence-electron chi connectivity index (χ1n) is 20.1. The second-order valence-electron chi connectivity index (χ2n) is 15.3. The number of likely N-dealkylation sites (tertiary alicyclic amines) is 2. The molecule has 4 amide bonds. The van der Waals surface area contributed by atoms with Crippen LogP contribution >= 0.6 is 11.6 Å². The van der Waals surface area contributed by atoms with Crippen molar-refractivity contribution in [3.05, 3.63) is 83.7 Å². The van der Waals surface area contributed by atoms with E-state index >= 15 is 0 Å². The van der Waals surface area contributed by atoms with Crippen LogP contribution in [0.1, 0.15) is 62.8 Å². The van der Waals surface area contributed by atoms with Crippen LogP contribution in [0.4, 0.5) is 9.59 Å². The van der Waals surface area contributed by atoms with Crippen LogP contribution in [0.3, 0.4) is 0 Å². The lowest BCUT2D eigenvalue weighted by molar-refractivity contribution is -0.137. The van der Waals surface area contributed by atoms with Crippen molar-refractivity contribution in [2.45, 2.75) is 75.3 Å². The molecule has 16 nitrogen and oxygen atoms in total. The molecule has 4 heterocycles. The summed E-state index contributed by atoms with van der Waals surface area (Å²) in [6, 6.07) is 13.7. The van der Waals surface area contributed by atoms with Gasteiger partial charge in [0.2, 0.25) is 11.8 Å². The molecule has 4 N–H and O–H groups in total. The van der Waals surface area contributed by atoms with Gasteiger partial charge in [-0.2, -0.15) is 0 Å². The van der Waals surface area contributed by atoms with Crippen molar-refractivity contribution in [1.82, 2.24) is 40.4 Å². The number of rotatable bonds is 15. The minimum atomic E-state index is -0.830. The van der Waals surface area contributed by atoms with Gasteiger partial charge in [-0.25, -0.2) is 19.6 Å². The normalized spacial score (nSPS) is 21.5. The Morgan fingerprint density at radius 2 is 1.32 bits per heavy atom. The van der Waals surface area contributed by atoms with Gasteiger partial charge in [-0.05, 0) is 42.9 Å². The van der Waals surface area contributed by atoms with Gasteiger partial charge >= 0.3 is 12.2 Å². The van der Waals surface area contributed by atoms with Gasteiger partial charge in [-0.3, -0.25) is 9.59 Å². The Kier molecular flexibility index (Phi) is 13.2. The summed E-state index contributed by atoms with van der Waals surface area (Å²) in [5, 5.41) is 5.70. The van der Waals surface area contributed by atoms with E-state index in [-0.39, 0.29) is 54.9 Å². The number of H-pyrrole nitrogens is 2. The number of methoxy groups -OCH3 is 4. The first-order valence-corrected chi connectivity index (χ1v) is 20.4. The summed E-state index contributed by atoms with van der Waals surface area (Å²) < 4.78 is 20.0. The highest BCUT2D eigenvalue weighted by molar-refractivity contribution is 6.31. The summed E-state index contributed by atoms with van der Waals surface area (Å²) in [6.45, 7) is 2.59. The molecule has 4 aromatic rings. The Morgan fingerprint density at radius 3 is 1.87 bits per heavy atom. The van der Waals surface area contributed by atoms with Crippen LogP contribution in [0, 0.1) is 5.92 Å². The number of nitrogens with one attached hydrogen (secondary N) is 4. The number of carbonyl (C=O) groups excluding carboxylic acids is 4. The Morgan fingerprint density at radius 1 is 0.750 bits per heavy atom. The van der Waals surface area contributed by atoms with Crippen LogP contribution < -0.4 is 10.6 Å². The van der Waals surface area contributed by atoms with Crippen LogP contribution in [-0.4, -0.2) is 120 Å². The second kappa shape index (κ2) is 18.7. The molecule has 0 radical (unpaired) electrons. The summed E-state index contributed by atoms with van der Waals surface area (Å²) in [6.07, 6.45) is 7.33. The van der Waals surface area contributed by atoms with Crippen molar-refractivity contribution in [3.8, 4) is 33.6 Å². The van der Waals surface area contributed by atoms with Crippen molar-refractivity contribution in [2.75, 3.05) is 41.7 Å². The minimum Gasteiger partial charge on any atom is -0.453 e. The molecule has 0 spiro atoms. The zero-order chi connectivity index (χ0) is 42.5. The molecule has 7 unspecified atom stereocenters. The molecule has 60 heavy (non-hydrogen) atoms. The molecular weight excluding hydrogens is 792 g/mol. The van der Waals surface area contributed by atoms with Gasteiger partial charge in [0, 0.05) is 57.8 Å². The van der Waals surface area contributed by atoms with Crippen molar-refractivity contribution < 1.29 is 38.1 Å². The van der Waals surface area contributed by atoms with Gasteiger partial charge in [0.1, 0.15) is 34.6 Å². The third-order valence-corrected chi connectivity index (χ3v) is 12.0. The second-order valence-corrected chi connectivity index (χ2v) is 15.7. The lowest BCUT2D eigenvalue weighted by atomic mass is 9.89.